The van der Waals surface area contributed by atoms with E-state index in [1.54, 1.807) is 17.1 Å². The Kier molecular flexibility index (Phi) is 1.98. The summed E-state index contributed by atoms with van der Waals surface area (Å²) in [6.45, 7) is 1.91. The highest BCUT2D eigenvalue weighted by molar-refractivity contribution is 6.28. The van der Waals surface area contributed by atoms with E-state index in [9.17, 15) is 0 Å². The van der Waals surface area contributed by atoms with Crippen LogP contribution in [-0.2, 0) is 0 Å². The molecule has 0 radical (unpaired) electrons. The van der Waals surface area contributed by atoms with Gasteiger partial charge >= 0.3 is 0 Å². The van der Waals surface area contributed by atoms with E-state index in [1.165, 1.54) is 0 Å². The Bertz CT molecular complexity index is 410. The molecule has 2 aromatic heterocycles. The first-order valence-corrected chi connectivity index (χ1v) is 4.14. The fourth-order valence-corrected chi connectivity index (χ4v) is 1.17. The molecule has 0 spiro atoms. The molecule has 0 aliphatic carbocycles. The van der Waals surface area contributed by atoms with E-state index in [2.05, 4.69) is 15.1 Å². The lowest BCUT2D eigenvalue weighted by Gasteiger charge is -2.03. The fraction of sp³-hybridized carbons (Fsp3) is 0.125. The van der Waals surface area contributed by atoms with Gasteiger partial charge in [0.05, 0.1) is 0 Å². The van der Waals surface area contributed by atoms with Gasteiger partial charge in [-0.3, -0.25) is 0 Å². The van der Waals surface area contributed by atoms with Crippen LogP contribution in [0.5, 0.6) is 0 Å². The molecule has 0 aliphatic heterocycles. The normalized spacial score (nSPS) is 10.3. The van der Waals surface area contributed by atoms with Gasteiger partial charge in [0.2, 0.25) is 5.28 Å². The molecule has 0 fully saturated rings. The molecule has 0 unspecified atom stereocenters. The van der Waals surface area contributed by atoms with Gasteiger partial charge in [-0.15, -0.1) is 0 Å². The van der Waals surface area contributed by atoms with Crippen molar-refractivity contribution in [2.75, 3.05) is 0 Å². The summed E-state index contributed by atoms with van der Waals surface area (Å²) in [6, 6.07) is 1.83. The van der Waals surface area contributed by atoms with Crippen molar-refractivity contribution < 1.29 is 0 Å². The molecule has 13 heavy (non-hydrogen) atoms. The maximum Gasteiger partial charge on any atom is 0.224 e. The van der Waals surface area contributed by atoms with Crippen LogP contribution in [-0.4, -0.2) is 19.7 Å². The second kappa shape index (κ2) is 3.14. The zero-order valence-electron chi connectivity index (χ0n) is 6.98. The maximum absolute atomic E-state index is 5.67. The first-order chi connectivity index (χ1) is 6.27. The molecule has 0 bridgehead atoms. The van der Waals surface area contributed by atoms with Crippen LogP contribution in [0.25, 0.3) is 5.82 Å². The van der Waals surface area contributed by atoms with Gasteiger partial charge in [-0.2, -0.15) is 10.1 Å². The van der Waals surface area contributed by atoms with Crippen LogP contribution in [0.15, 0.2) is 24.7 Å². The Morgan fingerprint density at radius 2 is 2.31 bits per heavy atom. The Balaban J connectivity index is 2.57. The van der Waals surface area contributed by atoms with Gasteiger partial charge in [0.15, 0.2) is 5.82 Å². The lowest BCUT2D eigenvalue weighted by atomic mass is 10.3. The molecule has 66 valence electrons. The zero-order valence-corrected chi connectivity index (χ0v) is 7.73. The molecule has 0 N–H and O–H groups in total. The SMILES string of the molecule is Cc1cnc(Cl)nc1-n1cccn1. The Labute approximate surface area is 80.2 Å². The predicted octanol–water partition coefficient (Wildman–Crippen LogP) is 1.62. The summed E-state index contributed by atoms with van der Waals surface area (Å²) in [5.41, 5.74) is 0.938. The first-order valence-electron chi connectivity index (χ1n) is 3.76. The third kappa shape index (κ3) is 1.53. The summed E-state index contributed by atoms with van der Waals surface area (Å²) < 4.78 is 1.66. The smallest absolute Gasteiger partial charge is 0.224 e. The van der Waals surface area contributed by atoms with Crippen molar-refractivity contribution in [1.82, 2.24) is 19.7 Å². The van der Waals surface area contributed by atoms with Crippen LogP contribution in [0.1, 0.15) is 5.56 Å². The zero-order chi connectivity index (χ0) is 9.26. The molecular weight excluding hydrogens is 188 g/mol. The molecule has 2 rings (SSSR count). The lowest BCUT2D eigenvalue weighted by Crippen LogP contribution is -2.01. The molecular formula is C8H7ClN4. The number of hydrogen-bond donors (Lipinski definition) is 0. The molecule has 4 nitrogen and oxygen atoms in total. The van der Waals surface area contributed by atoms with E-state index in [-0.39, 0.29) is 5.28 Å². The lowest BCUT2D eigenvalue weighted by molar-refractivity contribution is 0.829. The van der Waals surface area contributed by atoms with Crippen LogP contribution in [0.3, 0.4) is 0 Å². The van der Waals surface area contributed by atoms with Crippen molar-refractivity contribution >= 4 is 11.6 Å². The van der Waals surface area contributed by atoms with Gasteiger partial charge in [-0.1, -0.05) is 0 Å². The highest BCUT2D eigenvalue weighted by atomic mass is 35.5. The molecule has 0 amide bonds. The number of aromatic nitrogens is 4. The average molecular weight is 195 g/mol. The van der Waals surface area contributed by atoms with Gasteiger partial charge in [0.1, 0.15) is 0 Å². The van der Waals surface area contributed by atoms with Crippen molar-refractivity contribution in [1.29, 1.82) is 0 Å². The van der Waals surface area contributed by atoms with Crippen LogP contribution >= 0.6 is 11.6 Å². The summed E-state index contributed by atoms with van der Waals surface area (Å²) in [4.78, 5) is 7.93. The molecule has 0 saturated heterocycles. The Morgan fingerprint density at radius 3 is 3.00 bits per heavy atom. The minimum atomic E-state index is 0.233. The van der Waals surface area contributed by atoms with E-state index in [0.29, 0.717) is 5.82 Å². The van der Waals surface area contributed by atoms with E-state index in [4.69, 9.17) is 11.6 Å². The van der Waals surface area contributed by atoms with Crippen molar-refractivity contribution in [3.63, 3.8) is 0 Å². The summed E-state index contributed by atoms with van der Waals surface area (Å²) in [6.07, 6.45) is 5.17. The highest BCUT2D eigenvalue weighted by Gasteiger charge is 2.03. The monoisotopic (exact) mass is 194 g/mol. The molecule has 2 heterocycles. The Hall–Kier alpha value is -1.42. The predicted molar refractivity (Wildman–Crippen MR) is 48.9 cm³/mol. The molecule has 0 saturated carbocycles. The summed E-state index contributed by atoms with van der Waals surface area (Å²) in [7, 11) is 0. The van der Waals surface area contributed by atoms with E-state index in [0.717, 1.165) is 5.56 Å². The Morgan fingerprint density at radius 1 is 1.46 bits per heavy atom. The van der Waals surface area contributed by atoms with E-state index < -0.39 is 0 Å². The average Bonchev–Trinajstić information content (AvgIpc) is 2.61. The van der Waals surface area contributed by atoms with Crippen LogP contribution in [0.4, 0.5) is 0 Å². The molecule has 5 heteroatoms. The third-order valence-electron chi connectivity index (χ3n) is 1.64. The number of halogens is 1. The first kappa shape index (κ1) is 8.19. The summed E-state index contributed by atoms with van der Waals surface area (Å²) >= 11 is 5.67. The quantitative estimate of drug-likeness (QED) is 0.648. The van der Waals surface area contributed by atoms with Crippen molar-refractivity contribution in [3.8, 4) is 5.82 Å². The number of hydrogen-bond acceptors (Lipinski definition) is 3. The molecule has 0 aromatic carbocycles. The van der Waals surface area contributed by atoms with Gasteiger partial charge in [0.25, 0.3) is 0 Å². The van der Waals surface area contributed by atoms with Gasteiger partial charge in [0, 0.05) is 24.2 Å². The molecule has 0 aliphatic rings. The summed E-state index contributed by atoms with van der Waals surface area (Å²) in [5.74, 6) is 0.713. The van der Waals surface area contributed by atoms with Crippen LogP contribution in [0, 0.1) is 6.92 Å². The van der Waals surface area contributed by atoms with E-state index in [1.807, 2.05) is 19.2 Å². The number of rotatable bonds is 1. The third-order valence-corrected chi connectivity index (χ3v) is 1.82. The van der Waals surface area contributed by atoms with Crippen LogP contribution in [0.2, 0.25) is 5.28 Å². The topological polar surface area (TPSA) is 43.6 Å². The second-order valence-corrected chi connectivity index (χ2v) is 2.93. The van der Waals surface area contributed by atoms with Gasteiger partial charge in [-0.05, 0) is 24.6 Å². The van der Waals surface area contributed by atoms with Gasteiger partial charge in [-0.25, -0.2) is 9.67 Å². The van der Waals surface area contributed by atoms with Gasteiger partial charge < -0.3 is 0 Å². The number of nitrogens with zero attached hydrogens (tertiary/aromatic N) is 4. The van der Waals surface area contributed by atoms with Crippen LogP contribution < -0.4 is 0 Å². The minimum Gasteiger partial charge on any atom is -0.226 e. The largest absolute Gasteiger partial charge is 0.226 e. The number of aryl methyl sites for hydroxylation is 1. The highest BCUT2D eigenvalue weighted by Crippen LogP contribution is 2.10. The molecule has 2 aromatic rings. The fourth-order valence-electron chi connectivity index (χ4n) is 1.04. The minimum absolute atomic E-state index is 0.233. The van der Waals surface area contributed by atoms with Crippen molar-refractivity contribution in [3.05, 3.63) is 35.5 Å². The maximum atomic E-state index is 5.67. The summed E-state index contributed by atoms with van der Waals surface area (Å²) in [5, 5.41) is 4.29. The standard InChI is InChI=1S/C8H7ClN4/c1-6-5-10-8(9)12-7(6)13-4-2-3-11-13/h2-5H,1H3. The second-order valence-electron chi connectivity index (χ2n) is 2.60. The van der Waals surface area contributed by atoms with Crippen molar-refractivity contribution in [2.45, 2.75) is 6.92 Å². The van der Waals surface area contributed by atoms with Crippen molar-refractivity contribution in [2.24, 2.45) is 0 Å². The van der Waals surface area contributed by atoms with E-state index >= 15 is 0 Å². The molecule has 0 atom stereocenters.